The Morgan fingerprint density at radius 3 is 0.756 bits per heavy atom. The lowest BCUT2D eigenvalue weighted by molar-refractivity contribution is -0.167. The van der Waals surface area contributed by atoms with Gasteiger partial charge in [-0.05, 0) is 109 Å². The van der Waals surface area contributed by atoms with Crippen LogP contribution in [-0.4, -0.2) is 37.2 Å². The number of rotatable bonds is 62. The number of ether oxygens (including phenoxy) is 3. The quantitative estimate of drug-likeness (QED) is 0.0261. The lowest BCUT2D eigenvalue weighted by Gasteiger charge is -2.18. The molecule has 0 heterocycles. The van der Waals surface area contributed by atoms with Crippen molar-refractivity contribution >= 4 is 17.9 Å². The molecule has 0 aliphatic heterocycles. The molecule has 0 aromatic heterocycles. The van der Waals surface area contributed by atoms with E-state index in [1.54, 1.807) is 0 Å². The molecule has 0 rings (SSSR count). The highest BCUT2D eigenvalue weighted by molar-refractivity contribution is 5.71. The Kier molecular flexibility index (Phi) is 65.8. The minimum absolute atomic E-state index is 0.0893. The average molecular weight is 1140 g/mol. The number of hydrogen-bond donors (Lipinski definition) is 0. The second kappa shape index (κ2) is 69.3. The molecule has 0 saturated heterocycles. The zero-order valence-corrected chi connectivity index (χ0v) is 53.7. The summed E-state index contributed by atoms with van der Waals surface area (Å²) in [7, 11) is 0. The molecule has 0 aromatic rings. The second-order valence-corrected chi connectivity index (χ2v) is 22.7. The first kappa shape index (κ1) is 77.8. The van der Waals surface area contributed by atoms with Crippen molar-refractivity contribution in [3.63, 3.8) is 0 Å². The molecule has 6 nitrogen and oxygen atoms in total. The number of allylic oxidation sites excluding steroid dienone is 20. The third-order valence-corrected chi connectivity index (χ3v) is 14.7. The monoisotopic (exact) mass is 1140 g/mol. The van der Waals surface area contributed by atoms with E-state index in [0.29, 0.717) is 12.8 Å². The fraction of sp³-hybridized carbons (Fsp3) is 0.697. The van der Waals surface area contributed by atoms with E-state index in [9.17, 15) is 14.4 Å². The molecule has 0 fully saturated rings. The minimum atomic E-state index is -0.797. The normalized spacial score (nSPS) is 12.9. The van der Waals surface area contributed by atoms with Crippen LogP contribution in [0.5, 0.6) is 0 Å². The molecular weight excluding hydrogens is 1010 g/mol. The van der Waals surface area contributed by atoms with Crippen molar-refractivity contribution in [2.24, 2.45) is 0 Å². The Bertz CT molecular complexity index is 1690. The van der Waals surface area contributed by atoms with Gasteiger partial charge in [0.15, 0.2) is 6.10 Å². The lowest BCUT2D eigenvalue weighted by atomic mass is 10.0. The summed E-state index contributed by atoms with van der Waals surface area (Å²) in [6.45, 7) is 6.42. The number of unbranched alkanes of at least 4 members (excludes halogenated alkanes) is 31. The molecule has 0 amide bonds. The van der Waals surface area contributed by atoms with Crippen LogP contribution in [0.25, 0.3) is 0 Å². The Morgan fingerprint density at radius 1 is 0.256 bits per heavy atom. The van der Waals surface area contributed by atoms with Gasteiger partial charge in [0.25, 0.3) is 0 Å². The van der Waals surface area contributed by atoms with Crippen molar-refractivity contribution in [2.75, 3.05) is 13.2 Å². The van der Waals surface area contributed by atoms with Gasteiger partial charge in [0, 0.05) is 19.3 Å². The summed E-state index contributed by atoms with van der Waals surface area (Å²) in [5.74, 6) is -0.910. The van der Waals surface area contributed by atoms with Crippen molar-refractivity contribution in [1.82, 2.24) is 0 Å². The van der Waals surface area contributed by atoms with Gasteiger partial charge in [-0.1, -0.05) is 316 Å². The highest BCUT2D eigenvalue weighted by Crippen LogP contribution is 2.17. The topological polar surface area (TPSA) is 78.9 Å². The van der Waals surface area contributed by atoms with E-state index in [1.165, 1.54) is 154 Å². The maximum absolute atomic E-state index is 12.9. The van der Waals surface area contributed by atoms with Gasteiger partial charge in [-0.3, -0.25) is 14.4 Å². The van der Waals surface area contributed by atoms with Crippen LogP contribution < -0.4 is 0 Å². The van der Waals surface area contributed by atoms with Crippen molar-refractivity contribution in [3.05, 3.63) is 122 Å². The Balaban J connectivity index is 4.29. The molecule has 0 aliphatic carbocycles. The molecule has 468 valence electrons. The van der Waals surface area contributed by atoms with E-state index in [4.69, 9.17) is 14.2 Å². The summed E-state index contributed by atoms with van der Waals surface area (Å²) in [5.41, 5.74) is 0. The van der Waals surface area contributed by atoms with Gasteiger partial charge in [0.05, 0.1) is 0 Å². The number of hydrogen-bond acceptors (Lipinski definition) is 6. The SMILES string of the molecule is CC/C=C\C/C=C\C/C=C\C/C=C\C/C=C\CCCCCCCCCCCCCCCCCC(=O)OCC(COC(=O)CCCCCCCCCCCCCCCC)OC(=O)CCCCC/C=C\C/C=C\C/C=C\C/C=C\C/C=C\CC. The molecule has 0 aromatic carbocycles. The van der Waals surface area contributed by atoms with Gasteiger partial charge >= 0.3 is 17.9 Å². The van der Waals surface area contributed by atoms with E-state index in [-0.39, 0.29) is 37.5 Å². The summed E-state index contributed by atoms with van der Waals surface area (Å²) >= 11 is 0. The molecule has 1 atom stereocenters. The third-order valence-electron chi connectivity index (χ3n) is 14.7. The summed E-state index contributed by atoms with van der Waals surface area (Å²) in [6.07, 6.45) is 96.5. The summed E-state index contributed by atoms with van der Waals surface area (Å²) in [5, 5.41) is 0. The zero-order valence-electron chi connectivity index (χ0n) is 53.7. The summed E-state index contributed by atoms with van der Waals surface area (Å²) < 4.78 is 16.9. The van der Waals surface area contributed by atoms with E-state index < -0.39 is 6.10 Å². The molecule has 0 radical (unpaired) electrons. The van der Waals surface area contributed by atoms with Gasteiger partial charge in [0.2, 0.25) is 0 Å². The fourth-order valence-corrected chi connectivity index (χ4v) is 9.62. The molecule has 0 N–H and O–H groups in total. The first-order valence-electron chi connectivity index (χ1n) is 34.5. The van der Waals surface area contributed by atoms with E-state index in [2.05, 4.69) is 142 Å². The van der Waals surface area contributed by atoms with Crippen molar-refractivity contribution in [1.29, 1.82) is 0 Å². The molecule has 0 bridgehead atoms. The summed E-state index contributed by atoms with van der Waals surface area (Å²) in [4.78, 5) is 38.4. The van der Waals surface area contributed by atoms with E-state index in [1.807, 2.05) is 0 Å². The molecule has 0 spiro atoms. The van der Waals surface area contributed by atoms with Crippen LogP contribution in [0.2, 0.25) is 0 Å². The largest absolute Gasteiger partial charge is 0.462 e. The first-order chi connectivity index (χ1) is 40.5. The van der Waals surface area contributed by atoms with Gasteiger partial charge in [-0.25, -0.2) is 0 Å². The van der Waals surface area contributed by atoms with Crippen LogP contribution in [0.1, 0.15) is 323 Å². The van der Waals surface area contributed by atoms with Crippen molar-refractivity contribution in [2.45, 2.75) is 329 Å². The van der Waals surface area contributed by atoms with Crippen LogP contribution in [0.3, 0.4) is 0 Å². The van der Waals surface area contributed by atoms with Gasteiger partial charge in [0.1, 0.15) is 13.2 Å². The molecular formula is C76H128O6. The Morgan fingerprint density at radius 2 is 0.476 bits per heavy atom. The molecule has 6 heteroatoms. The van der Waals surface area contributed by atoms with Crippen LogP contribution >= 0.6 is 0 Å². The minimum Gasteiger partial charge on any atom is -0.462 e. The van der Waals surface area contributed by atoms with Gasteiger partial charge in [-0.2, -0.15) is 0 Å². The lowest BCUT2D eigenvalue weighted by Crippen LogP contribution is -2.30. The third kappa shape index (κ3) is 66.6. The highest BCUT2D eigenvalue weighted by atomic mass is 16.6. The molecule has 0 saturated carbocycles. The van der Waals surface area contributed by atoms with Gasteiger partial charge in [-0.15, -0.1) is 0 Å². The van der Waals surface area contributed by atoms with Crippen molar-refractivity contribution < 1.29 is 28.6 Å². The fourth-order valence-electron chi connectivity index (χ4n) is 9.62. The molecule has 82 heavy (non-hydrogen) atoms. The Hall–Kier alpha value is -4.19. The number of carbonyl (C=O) groups excluding carboxylic acids is 3. The Labute approximate surface area is 507 Å². The standard InChI is InChI=1S/C76H128O6/c1-4-7-10-13-16-19-22-25-28-30-32-33-34-35-36-37-38-39-40-41-42-43-45-46-48-51-54-57-60-63-66-69-75(78)81-72-73(71-80-74(77)68-65-62-59-56-53-50-27-24-21-18-15-12-9-6-3)82-76(79)70-67-64-61-58-55-52-49-47-44-31-29-26-23-20-17-14-11-8-5-2/h7-8,10-11,16-17,19-20,25-26,28-29,32-33,35-36,44,47,52,55,73H,4-6,9,12-15,18,21-24,27,30-31,34,37-43,45-46,48-51,53-54,56-72H2,1-3H3/b10-7-,11-8-,19-16-,20-17-,28-25-,29-26-,33-32-,36-35-,47-44-,55-52-. The smallest absolute Gasteiger partial charge is 0.306 e. The predicted molar refractivity (Wildman–Crippen MR) is 357 cm³/mol. The molecule has 1 unspecified atom stereocenters. The number of carbonyl (C=O) groups is 3. The molecule has 0 aliphatic rings. The van der Waals surface area contributed by atoms with Crippen LogP contribution in [-0.2, 0) is 28.6 Å². The van der Waals surface area contributed by atoms with Gasteiger partial charge < -0.3 is 14.2 Å². The summed E-state index contributed by atoms with van der Waals surface area (Å²) in [6, 6.07) is 0. The van der Waals surface area contributed by atoms with Crippen LogP contribution in [0, 0.1) is 0 Å². The maximum atomic E-state index is 12.9. The zero-order chi connectivity index (χ0) is 59.2. The van der Waals surface area contributed by atoms with Crippen LogP contribution in [0.4, 0.5) is 0 Å². The van der Waals surface area contributed by atoms with E-state index in [0.717, 1.165) is 128 Å². The van der Waals surface area contributed by atoms with Crippen molar-refractivity contribution in [3.8, 4) is 0 Å². The maximum Gasteiger partial charge on any atom is 0.306 e. The van der Waals surface area contributed by atoms with E-state index >= 15 is 0 Å². The highest BCUT2D eigenvalue weighted by Gasteiger charge is 2.19. The number of esters is 3. The average Bonchev–Trinajstić information content (AvgIpc) is 3.47. The first-order valence-corrected chi connectivity index (χ1v) is 34.5. The van der Waals surface area contributed by atoms with Crippen LogP contribution in [0.15, 0.2) is 122 Å². The predicted octanol–water partition coefficient (Wildman–Crippen LogP) is 23.9. The second-order valence-electron chi connectivity index (χ2n) is 22.7.